The smallest absolute Gasteiger partial charge is 0.225 e. The van der Waals surface area contributed by atoms with Crippen molar-refractivity contribution in [3.63, 3.8) is 0 Å². The summed E-state index contributed by atoms with van der Waals surface area (Å²) in [4.78, 5) is 16.6. The van der Waals surface area contributed by atoms with Crippen molar-refractivity contribution in [1.29, 1.82) is 0 Å². The fourth-order valence-electron chi connectivity index (χ4n) is 2.67. The number of likely N-dealkylation sites (N-methyl/N-ethyl adjacent to an activating group) is 1. The lowest BCUT2D eigenvalue weighted by Gasteiger charge is -2.26. The molecule has 17 heavy (non-hydrogen) atoms. The van der Waals surface area contributed by atoms with Crippen LogP contribution in [0.15, 0.2) is 0 Å². The first-order valence-corrected chi connectivity index (χ1v) is 6.86. The summed E-state index contributed by atoms with van der Waals surface area (Å²) in [5.41, 5.74) is 5.51. The van der Waals surface area contributed by atoms with Crippen LogP contribution in [0.2, 0.25) is 0 Å². The highest BCUT2D eigenvalue weighted by Gasteiger charge is 2.30. The van der Waals surface area contributed by atoms with Gasteiger partial charge in [-0.3, -0.25) is 9.69 Å². The second kappa shape index (κ2) is 6.97. The number of hydrogen-bond donors (Lipinski definition) is 1. The van der Waals surface area contributed by atoms with Crippen molar-refractivity contribution in [2.75, 3.05) is 32.7 Å². The molecule has 0 aromatic carbocycles. The SMILES string of the molecule is CCN(CC)C1CCN(C(=O)C(C)CCN)C1. The summed E-state index contributed by atoms with van der Waals surface area (Å²) < 4.78 is 0. The van der Waals surface area contributed by atoms with Crippen LogP contribution in [0.5, 0.6) is 0 Å². The Morgan fingerprint density at radius 1 is 1.47 bits per heavy atom. The van der Waals surface area contributed by atoms with E-state index in [1.807, 2.05) is 11.8 Å². The van der Waals surface area contributed by atoms with Gasteiger partial charge >= 0.3 is 0 Å². The number of likely N-dealkylation sites (tertiary alicyclic amines) is 1. The lowest BCUT2D eigenvalue weighted by atomic mass is 10.1. The summed E-state index contributed by atoms with van der Waals surface area (Å²) in [6.07, 6.45) is 1.91. The minimum absolute atomic E-state index is 0.0791. The minimum atomic E-state index is 0.0791. The summed E-state index contributed by atoms with van der Waals surface area (Å²) in [5.74, 6) is 0.362. The first-order chi connectivity index (χ1) is 8.13. The second-order valence-electron chi connectivity index (χ2n) is 4.93. The molecule has 2 atom stereocenters. The predicted octanol–water partition coefficient (Wildman–Crippen LogP) is 0.914. The normalized spacial score (nSPS) is 22.2. The van der Waals surface area contributed by atoms with Gasteiger partial charge < -0.3 is 10.6 Å². The number of carbonyl (C=O) groups is 1. The van der Waals surface area contributed by atoms with Crippen molar-refractivity contribution >= 4 is 5.91 Å². The zero-order chi connectivity index (χ0) is 12.8. The van der Waals surface area contributed by atoms with Gasteiger partial charge in [0.2, 0.25) is 5.91 Å². The average Bonchev–Trinajstić information content (AvgIpc) is 2.79. The van der Waals surface area contributed by atoms with Crippen LogP contribution < -0.4 is 5.73 Å². The molecule has 4 nitrogen and oxygen atoms in total. The number of rotatable bonds is 6. The molecule has 0 aromatic rings. The number of carbonyl (C=O) groups excluding carboxylic acids is 1. The van der Waals surface area contributed by atoms with E-state index in [9.17, 15) is 4.79 Å². The van der Waals surface area contributed by atoms with Crippen LogP contribution in [-0.2, 0) is 4.79 Å². The maximum Gasteiger partial charge on any atom is 0.225 e. The number of nitrogens with zero attached hydrogens (tertiary/aromatic N) is 2. The molecule has 1 aliphatic rings. The van der Waals surface area contributed by atoms with Crippen LogP contribution in [-0.4, -0.2) is 54.5 Å². The summed E-state index contributed by atoms with van der Waals surface area (Å²) in [7, 11) is 0. The quantitative estimate of drug-likeness (QED) is 0.752. The van der Waals surface area contributed by atoms with Crippen molar-refractivity contribution in [2.45, 2.75) is 39.7 Å². The van der Waals surface area contributed by atoms with E-state index in [0.29, 0.717) is 12.6 Å². The van der Waals surface area contributed by atoms with E-state index in [2.05, 4.69) is 18.7 Å². The number of nitrogens with two attached hydrogens (primary N) is 1. The van der Waals surface area contributed by atoms with E-state index in [1.165, 1.54) is 0 Å². The first kappa shape index (κ1) is 14.5. The van der Waals surface area contributed by atoms with Gasteiger partial charge in [0.25, 0.3) is 0 Å². The van der Waals surface area contributed by atoms with Crippen molar-refractivity contribution in [3.8, 4) is 0 Å². The minimum Gasteiger partial charge on any atom is -0.341 e. The Morgan fingerprint density at radius 3 is 2.65 bits per heavy atom. The van der Waals surface area contributed by atoms with Gasteiger partial charge in [-0.1, -0.05) is 20.8 Å². The standard InChI is InChI=1S/C13H27N3O/c1-4-15(5-2)12-7-9-16(10-12)13(17)11(3)6-8-14/h11-12H,4-10,14H2,1-3H3. The lowest BCUT2D eigenvalue weighted by molar-refractivity contribution is -0.134. The topological polar surface area (TPSA) is 49.6 Å². The molecule has 4 heteroatoms. The Morgan fingerprint density at radius 2 is 2.12 bits per heavy atom. The predicted molar refractivity (Wildman–Crippen MR) is 70.7 cm³/mol. The third-order valence-corrected chi connectivity index (χ3v) is 3.83. The molecule has 0 bridgehead atoms. The molecule has 100 valence electrons. The van der Waals surface area contributed by atoms with Gasteiger partial charge in [0.1, 0.15) is 0 Å². The van der Waals surface area contributed by atoms with Crippen molar-refractivity contribution in [2.24, 2.45) is 11.7 Å². The van der Waals surface area contributed by atoms with Crippen molar-refractivity contribution in [3.05, 3.63) is 0 Å². The van der Waals surface area contributed by atoms with Gasteiger partial charge in [0.05, 0.1) is 0 Å². The van der Waals surface area contributed by atoms with Crippen LogP contribution in [0, 0.1) is 5.92 Å². The van der Waals surface area contributed by atoms with Gasteiger partial charge in [0, 0.05) is 25.0 Å². The van der Waals surface area contributed by atoms with Gasteiger partial charge in [-0.2, -0.15) is 0 Å². The number of amides is 1. The highest BCUT2D eigenvalue weighted by molar-refractivity contribution is 5.78. The van der Waals surface area contributed by atoms with Crippen LogP contribution in [0.25, 0.3) is 0 Å². The molecule has 1 heterocycles. The Labute approximate surface area is 105 Å². The maximum atomic E-state index is 12.1. The Bertz CT molecular complexity index is 241. The van der Waals surface area contributed by atoms with E-state index in [-0.39, 0.29) is 11.8 Å². The Hall–Kier alpha value is -0.610. The Kier molecular flexibility index (Phi) is 5.92. The lowest BCUT2D eigenvalue weighted by Crippen LogP contribution is -2.40. The molecule has 0 aromatic heterocycles. The molecular weight excluding hydrogens is 214 g/mol. The van der Waals surface area contributed by atoms with E-state index in [4.69, 9.17) is 5.73 Å². The first-order valence-electron chi connectivity index (χ1n) is 6.86. The fourth-order valence-corrected chi connectivity index (χ4v) is 2.67. The van der Waals surface area contributed by atoms with Crippen LogP contribution >= 0.6 is 0 Å². The molecule has 2 unspecified atom stereocenters. The summed E-state index contributed by atoms with van der Waals surface area (Å²) >= 11 is 0. The van der Waals surface area contributed by atoms with E-state index < -0.39 is 0 Å². The molecule has 1 rings (SSSR count). The van der Waals surface area contributed by atoms with Gasteiger partial charge in [-0.25, -0.2) is 0 Å². The monoisotopic (exact) mass is 241 g/mol. The third kappa shape index (κ3) is 3.68. The van der Waals surface area contributed by atoms with Gasteiger partial charge in [-0.15, -0.1) is 0 Å². The molecule has 1 aliphatic heterocycles. The Balaban J connectivity index is 2.46. The second-order valence-corrected chi connectivity index (χ2v) is 4.93. The van der Waals surface area contributed by atoms with Gasteiger partial charge in [-0.05, 0) is 32.5 Å². The molecular formula is C13H27N3O. The molecule has 0 aliphatic carbocycles. The molecule has 0 radical (unpaired) electrons. The van der Waals surface area contributed by atoms with Crippen LogP contribution in [0.1, 0.15) is 33.6 Å². The van der Waals surface area contributed by atoms with Crippen molar-refractivity contribution < 1.29 is 4.79 Å². The number of hydrogen-bond acceptors (Lipinski definition) is 3. The van der Waals surface area contributed by atoms with Crippen molar-refractivity contribution in [1.82, 2.24) is 9.80 Å². The summed E-state index contributed by atoms with van der Waals surface area (Å²) in [6.45, 7) is 10.9. The zero-order valence-corrected chi connectivity index (χ0v) is 11.5. The average molecular weight is 241 g/mol. The van der Waals surface area contributed by atoms with E-state index >= 15 is 0 Å². The molecule has 0 saturated carbocycles. The van der Waals surface area contributed by atoms with Crippen LogP contribution in [0.3, 0.4) is 0 Å². The molecule has 2 N–H and O–H groups in total. The zero-order valence-electron chi connectivity index (χ0n) is 11.5. The summed E-state index contributed by atoms with van der Waals surface area (Å²) in [6, 6.07) is 0.555. The fraction of sp³-hybridized carbons (Fsp3) is 0.923. The third-order valence-electron chi connectivity index (χ3n) is 3.83. The molecule has 1 amide bonds. The molecule has 1 saturated heterocycles. The highest BCUT2D eigenvalue weighted by Crippen LogP contribution is 2.18. The molecule has 1 fully saturated rings. The highest BCUT2D eigenvalue weighted by atomic mass is 16.2. The van der Waals surface area contributed by atoms with E-state index in [0.717, 1.165) is 39.0 Å². The molecule has 0 spiro atoms. The largest absolute Gasteiger partial charge is 0.341 e. The van der Waals surface area contributed by atoms with E-state index in [1.54, 1.807) is 0 Å². The van der Waals surface area contributed by atoms with Gasteiger partial charge in [0.15, 0.2) is 0 Å². The van der Waals surface area contributed by atoms with Crippen LogP contribution in [0.4, 0.5) is 0 Å². The maximum absolute atomic E-state index is 12.1. The summed E-state index contributed by atoms with van der Waals surface area (Å²) in [5, 5.41) is 0.